The van der Waals surface area contributed by atoms with Crippen molar-refractivity contribution in [2.45, 2.75) is 0 Å². The van der Waals surface area contributed by atoms with E-state index in [0.29, 0.717) is 17.3 Å². The summed E-state index contributed by atoms with van der Waals surface area (Å²) < 4.78 is 14.2. The number of carbonyl (C=O) groups excluding carboxylic acids is 1. The first-order chi connectivity index (χ1) is 10.7. The van der Waals surface area contributed by atoms with E-state index in [-0.39, 0.29) is 5.82 Å². The summed E-state index contributed by atoms with van der Waals surface area (Å²) in [6, 6.07) is 6.45. The molecule has 2 aromatic heterocycles. The first kappa shape index (κ1) is 13.6. The Morgan fingerprint density at radius 1 is 1.09 bits per heavy atom. The molecule has 9 heteroatoms. The zero-order valence-electron chi connectivity index (χ0n) is 11.1. The fourth-order valence-corrected chi connectivity index (χ4v) is 1.68. The van der Waals surface area contributed by atoms with Crippen LogP contribution >= 0.6 is 0 Å². The number of urea groups is 1. The molecule has 0 bridgehead atoms. The number of hydrogen-bond acceptors (Lipinski definition) is 5. The van der Waals surface area contributed by atoms with Crippen molar-refractivity contribution in [2.75, 3.05) is 10.6 Å². The number of halogens is 1. The molecule has 0 atom stereocenters. The van der Waals surface area contributed by atoms with Gasteiger partial charge in [-0.25, -0.2) is 28.8 Å². The predicted octanol–water partition coefficient (Wildman–Crippen LogP) is 1.84. The fourth-order valence-electron chi connectivity index (χ4n) is 1.68. The van der Waals surface area contributed by atoms with Crippen LogP contribution in [0.2, 0.25) is 0 Å². The first-order valence-corrected chi connectivity index (χ1v) is 6.21. The van der Waals surface area contributed by atoms with Gasteiger partial charge >= 0.3 is 6.03 Å². The standard InChI is InChI=1S/C13H10FN7O/c14-9-1-3-10(4-2-9)19-13(22)20-11-5-12(17-7-16-11)21-8-15-6-18-21/h1-8H,(H2,16,17,19,20,22). The van der Waals surface area contributed by atoms with Crippen molar-refractivity contribution in [3.63, 3.8) is 0 Å². The van der Waals surface area contributed by atoms with Gasteiger partial charge in [-0.1, -0.05) is 0 Å². The van der Waals surface area contributed by atoms with E-state index in [0.717, 1.165) is 0 Å². The highest BCUT2D eigenvalue weighted by Gasteiger charge is 2.06. The number of benzene rings is 1. The molecule has 0 radical (unpaired) electrons. The van der Waals surface area contributed by atoms with Crippen LogP contribution in [0.5, 0.6) is 0 Å². The van der Waals surface area contributed by atoms with E-state index in [4.69, 9.17) is 0 Å². The highest BCUT2D eigenvalue weighted by Crippen LogP contribution is 2.10. The molecule has 0 fully saturated rings. The maximum absolute atomic E-state index is 12.8. The average Bonchev–Trinajstić information content (AvgIpc) is 3.04. The molecule has 0 aliphatic rings. The van der Waals surface area contributed by atoms with Gasteiger partial charge in [0.05, 0.1) is 0 Å². The van der Waals surface area contributed by atoms with E-state index >= 15 is 0 Å². The average molecular weight is 299 g/mol. The summed E-state index contributed by atoms with van der Waals surface area (Å²) in [4.78, 5) is 23.6. The Morgan fingerprint density at radius 2 is 1.91 bits per heavy atom. The SMILES string of the molecule is O=C(Nc1ccc(F)cc1)Nc1cc(-n2cncn2)ncn1. The lowest BCUT2D eigenvalue weighted by Gasteiger charge is -2.07. The number of rotatable bonds is 3. The van der Waals surface area contributed by atoms with Crippen molar-refractivity contribution in [1.82, 2.24) is 24.7 Å². The van der Waals surface area contributed by atoms with E-state index in [2.05, 4.69) is 30.7 Å². The number of carbonyl (C=O) groups is 1. The first-order valence-electron chi connectivity index (χ1n) is 6.21. The topological polar surface area (TPSA) is 97.6 Å². The number of hydrogen-bond donors (Lipinski definition) is 2. The van der Waals surface area contributed by atoms with E-state index in [1.165, 1.54) is 47.9 Å². The van der Waals surface area contributed by atoms with Crippen LogP contribution < -0.4 is 10.6 Å². The maximum Gasteiger partial charge on any atom is 0.324 e. The Hall–Kier alpha value is -3.36. The Bertz CT molecular complexity index is 773. The van der Waals surface area contributed by atoms with Gasteiger partial charge in [0.2, 0.25) is 0 Å². The lowest BCUT2D eigenvalue weighted by molar-refractivity contribution is 0.262. The Kier molecular flexibility index (Phi) is 3.69. The molecule has 0 aliphatic carbocycles. The summed E-state index contributed by atoms with van der Waals surface area (Å²) in [5.41, 5.74) is 0.462. The third kappa shape index (κ3) is 3.20. The minimum atomic E-state index is -0.505. The summed E-state index contributed by atoms with van der Waals surface area (Å²) in [6.45, 7) is 0. The molecule has 0 unspecified atom stereocenters. The van der Waals surface area contributed by atoms with Crippen molar-refractivity contribution in [2.24, 2.45) is 0 Å². The lowest BCUT2D eigenvalue weighted by Crippen LogP contribution is -2.20. The van der Waals surface area contributed by atoms with E-state index in [1.807, 2.05) is 0 Å². The number of amides is 2. The van der Waals surface area contributed by atoms with Crippen molar-refractivity contribution in [1.29, 1.82) is 0 Å². The molecule has 0 aliphatic heterocycles. The minimum absolute atomic E-state index is 0.292. The quantitative estimate of drug-likeness (QED) is 0.769. The monoisotopic (exact) mass is 299 g/mol. The molecule has 22 heavy (non-hydrogen) atoms. The second-order valence-electron chi connectivity index (χ2n) is 4.19. The fraction of sp³-hybridized carbons (Fsp3) is 0. The number of anilines is 2. The lowest BCUT2D eigenvalue weighted by atomic mass is 10.3. The van der Waals surface area contributed by atoms with Crippen LogP contribution in [0.15, 0.2) is 49.3 Å². The molecule has 0 spiro atoms. The van der Waals surface area contributed by atoms with Crippen molar-refractivity contribution in [3.8, 4) is 5.82 Å². The Labute approximate surface area is 124 Å². The molecule has 110 valence electrons. The van der Waals surface area contributed by atoms with Gasteiger partial charge in [0.1, 0.15) is 30.6 Å². The van der Waals surface area contributed by atoms with Gasteiger partial charge in [0.25, 0.3) is 0 Å². The molecular formula is C13H10FN7O. The van der Waals surface area contributed by atoms with Gasteiger partial charge in [0.15, 0.2) is 5.82 Å². The van der Waals surface area contributed by atoms with Gasteiger partial charge in [0, 0.05) is 11.8 Å². The molecule has 0 saturated carbocycles. The van der Waals surface area contributed by atoms with Crippen LogP contribution in [0.3, 0.4) is 0 Å². The highest BCUT2D eigenvalue weighted by atomic mass is 19.1. The largest absolute Gasteiger partial charge is 0.324 e. The summed E-state index contributed by atoms with van der Waals surface area (Å²) in [5, 5.41) is 9.05. The zero-order valence-corrected chi connectivity index (χ0v) is 11.1. The normalized spacial score (nSPS) is 10.2. The third-order valence-electron chi connectivity index (χ3n) is 2.65. The van der Waals surface area contributed by atoms with Crippen LogP contribution in [-0.2, 0) is 0 Å². The molecule has 8 nitrogen and oxygen atoms in total. The van der Waals surface area contributed by atoms with E-state index in [1.54, 1.807) is 6.07 Å². The summed E-state index contributed by atoms with van der Waals surface area (Å²) >= 11 is 0. The second-order valence-corrected chi connectivity index (χ2v) is 4.19. The Balaban J connectivity index is 1.69. The molecular weight excluding hydrogens is 289 g/mol. The Morgan fingerprint density at radius 3 is 2.64 bits per heavy atom. The highest BCUT2D eigenvalue weighted by molar-refractivity contribution is 5.99. The maximum atomic E-state index is 12.8. The smallest absolute Gasteiger partial charge is 0.308 e. The van der Waals surface area contributed by atoms with Gasteiger partial charge in [-0.3, -0.25) is 5.32 Å². The minimum Gasteiger partial charge on any atom is -0.308 e. The molecule has 3 aromatic rings. The molecule has 2 amide bonds. The van der Waals surface area contributed by atoms with Gasteiger partial charge in [-0.2, -0.15) is 5.10 Å². The van der Waals surface area contributed by atoms with Crippen LogP contribution in [0.1, 0.15) is 0 Å². The van der Waals surface area contributed by atoms with Crippen molar-refractivity contribution < 1.29 is 9.18 Å². The molecule has 0 saturated heterocycles. The zero-order chi connectivity index (χ0) is 15.4. The molecule has 2 N–H and O–H groups in total. The van der Waals surface area contributed by atoms with E-state index in [9.17, 15) is 9.18 Å². The summed E-state index contributed by atoms with van der Waals surface area (Å²) in [7, 11) is 0. The predicted molar refractivity (Wildman–Crippen MR) is 76.0 cm³/mol. The van der Waals surface area contributed by atoms with Crippen LogP contribution in [0.25, 0.3) is 5.82 Å². The van der Waals surface area contributed by atoms with Gasteiger partial charge in [-0.05, 0) is 24.3 Å². The number of nitrogens with zero attached hydrogens (tertiary/aromatic N) is 5. The summed E-state index contributed by atoms with van der Waals surface area (Å²) in [6.07, 6.45) is 4.14. The van der Waals surface area contributed by atoms with Crippen LogP contribution in [0, 0.1) is 5.82 Å². The van der Waals surface area contributed by atoms with Crippen LogP contribution in [0.4, 0.5) is 20.7 Å². The molecule has 3 rings (SSSR count). The number of nitrogens with one attached hydrogen (secondary N) is 2. The van der Waals surface area contributed by atoms with Crippen LogP contribution in [-0.4, -0.2) is 30.8 Å². The number of aromatic nitrogens is 5. The van der Waals surface area contributed by atoms with Crippen molar-refractivity contribution >= 4 is 17.5 Å². The molecule has 2 heterocycles. The third-order valence-corrected chi connectivity index (χ3v) is 2.65. The van der Waals surface area contributed by atoms with Gasteiger partial charge in [-0.15, -0.1) is 0 Å². The van der Waals surface area contributed by atoms with Crippen molar-refractivity contribution in [3.05, 3.63) is 55.1 Å². The van der Waals surface area contributed by atoms with Gasteiger partial charge < -0.3 is 5.32 Å². The molecule has 1 aromatic carbocycles. The summed E-state index contributed by atoms with van der Waals surface area (Å²) in [5.74, 6) is 0.379. The second kappa shape index (κ2) is 5.95. The van der Waals surface area contributed by atoms with E-state index < -0.39 is 6.03 Å².